The van der Waals surface area contributed by atoms with E-state index in [0.717, 1.165) is 28.2 Å². The van der Waals surface area contributed by atoms with Gasteiger partial charge in [0.1, 0.15) is 5.84 Å². The highest BCUT2D eigenvalue weighted by Gasteiger charge is 2.17. The van der Waals surface area contributed by atoms with Crippen molar-refractivity contribution >= 4 is 34.6 Å². The first kappa shape index (κ1) is 25.7. The number of fused-ring (bicyclic) bond motifs is 1. The normalized spacial score (nSPS) is 11.4. The maximum Gasteiger partial charge on any atom is 0.255 e. The second-order valence-corrected chi connectivity index (χ2v) is 10.5. The number of nitrogens with two attached hydrogens (primary N) is 1. The zero-order valence-electron chi connectivity index (χ0n) is 22.4. The van der Waals surface area contributed by atoms with Crippen molar-refractivity contribution in [3.8, 4) is 11.3 Å². The van der Waals surface area contributed by atoms with Crippen molar-refractivity contribution in [1.82, 2.24) is 14.4 Å². The molecule has 196 valence electrons. The van der Waals surface area contributed by atoms with E-state index in [0.29, 0.717) is 22.6 Å². The van der Waals surface area contributed by atoms with Crippen molar-refractivity contribution in [3.05, 3.63) is 108 Å². The van der Waals surface area contributed by atoms with E-state index in [2.05, 4.69) is 36.4 Å². The minimum Gasteiger partial charge on any atom is -0.384 e. The summed E-state index contributed by atoms with van der Waals surface area (Å²) in [6.07, 6.45) is 5.51. The Bertz CT molecular complexity index is 1680. The number of imidazole rings is 1. The summed E-state index contributed by atoms with van der Waals surface area (Å²) in [6, 6.07) is 20.8. The van der Waals surface area contributed by atoms with Crippen LogP contribution in [0.3, 0.4) is 0 Å². The molecular weight excluding hydrogens is 486 g/mol. The molecule has 8 heteroatoms. The molecule has 8 nitrogen and oxygen atoms in total. The summed E-state index contributed by atoms with van der Waals surface area (Å²) >= 11 is 0. The molecule has 0 aliphatic rings. The largest absolute Gasteiger partial charge is 0.384 e. The number of carbonyl (C=O) groups excluding carboxylic acids is 1. The van der Waals surface area contributed by atoms with Crippen LogP contribution in [0.25, 0.3) is 16.9 Å². The van der Waals surface area contributed by atoms with Gasteiger partial charge in [-0.05, 0) is 65.9 Å². The van der Waals surface area contributed by atoms with Gasteiger partial charge in [0.05, 0.1) is 5.69 Å². The number of amidine groups is 1. The van der Waals surface area contributed by atoms with Crippen LogP contribution in [0, 0.1) is 12.3 Å². The summed E-state index contributed by atoms with van der Waals surface area (Å²) in [5.41, 5.74) is 12.8. The number of hydrogen-bond acceptors (Lipinski definition) is 5. The van der Waals surface area contributed by atoms with Gasteiger partial charge in [-0.3, -0.25) is 10.2 Å². The summed E-state index contributed by atoms with van der Waals surface area (Å²) in [7, 11) is 0. The lowest BCUT2D eigenvalue weighted by Gasteiger charge is -2.19. The van der Waals surface area contributed by atoms with Gasteiger partial charge < -0.3 is 20.8 Å². The minimum absolute atomic E-state index is 0.0155. The molecule has 3 aromatic carbocycles. The van der Waals surface area contributed by atoms with Crippen molar-refractivity contribution < 1.29 is 4.79 Å². The summed E-state index contributed by atoms with van der Waals surface area (Å²) in [4.78, 5) is 22.4. The van der Waals surface area contributed by atoms with Gasteiger partial charge >= 0.3 is 0 Å². The van der Waals surface area contributed by atoms with E-state index in [1.54, 1.807) is 18.3 Å². The Morgan fingerprint density at radius 2 is 1.67 bits per heavy atom. The highest BCUT2D eigenvalue weighted by Crippen LogP contribution is 2.31. The predicted octanol–water partition coefficient (Wildman–Crippen LogP) is 6.28. The van der Waals surface area contributed by atoms with Gasteiger partial charge in [0, 0.05) is 46.7 Å². The molecule has 0 fully saturated rings. The van der Waals surface area contributed by atoms with Crippen molar-refractivity contribution in [2.75, 3.05) is 10.6 Å². The van der Waals surface area contributed by atoms with Crippen molar-refractivity contribution in [2.24, 2.45) is 5.73 Å². The first-order chi connectivity index (χ1) is 18.6. The molecule has 0 aliphatic carbocycles. The molecule has 0 bridgehead atoms. The van der Waals surface area contributed by atoms with E-state index >= 15 is 0 Å². The van der Waals surface area contributed by atoms with Gasteiger partial charge in [-0.2, -0.15) is 0 Å². The molecule has 0 saturated heterocycles. The van der Waals surface area contributed by atoms with E-state index in [1.165, 1.54) is 5.56 Å². The number of nitrogen functional groups attached to an aromatic ring is 1. The molecule has 0 unspecified atom stereocenters. The Morgan fingerprint density at radius 1 is 0.974 bits per heavy atom. The molecule has 0 saturated carbocycles. The number of amides is 1. The summed E-state index contributed by atoms with van der Waals surface area (Å²) < 4.78 is 1.91. The first-order valence-electron chi connectivity index (χ1n) is 12.7. The average molecular weight is 518 g/mol. The van der Waals surface area contributed by atoms with Gasteiger partial charge in [0.2, 0.25) is 0 Å². The zero-order chi connectivity index (χ0) is 27.7. The Hall–Kier alpha value is -4.98. The lowest BCUT2D eigenvalue weighted by Crippen LogP contribution is -2.15. The highest BCUT2D eigenvalue weighted by molar-refractivity contribution is 6.05. The van der Waals surface area contributed by atoms with Crippen LogP contribution in [0.4, 0.5) is 17.2 Å². The van der Waals surface area contributed by atoms with Gasteiger partial charge in [-0.25, -0.2) is 9.97 Å². The Kier molecular flexibility index (Phi) is 6.62. The van der Waals surface area contributed by atoms with Gasteiger partial charge in [0.15, 0.2) is 11.5 Å². The standard InChI is InChI=1S/C31H31N7O/c1-19-24(6-5-7-25(19)37-30(39)21-8-12-22(13-9-21)31(2,3)4)26-18-38-17-16-34-29(38)28(36-26)35-23-14-10-20(11-15-23)27(32)33/h5-18H,1-4H3,(H3,32,33)(H,35,36)(H,37,39). The monoisotopic (exact) mass is 517 g/mol. The van der Waals surface area contributed by atoms with Crippen LogP contribution in [0.1, 0.15) is 47.8 Å². The topological polar surface area (TPSA) is 121 Å². The van der Waals surface area contributed by atoms with Crippen LogP contribution in [0.5, 0.6) is 0 Å². The van der Waals surface area contributed by atoms with E-state index in [-0.39, 0.29) is 17.2 Å². The molecule has 0 atom stereocenters. The molecular formula is C31H31N7O. The number of carbonyl (C=O) groups is 1. The molecule has 5 aromatic rings. The molecule has 1 amide bonds. The second-order valence-electron chi connectivity index (χ2n) is 10.5. The first-order valence-corrected chi connectivity index (χ1v) is 12.7. The van der Waals surface area contributed by atoms with Crippen molar-refractivity contribution in [1.29, 1.82) is 5.41 Å². The second kappa shape index (κ2) is 10.1. The van der Waals surface area contributed by atoms with Crippen molar-refractivity contribution in [3.63, 3.8) is 0 Å². The van der Waals surface area contributed by atoms with Gasteiger partial charge in [-0.15, -0.1) is 0 Å². The Balaban J connectivity index is 1.45. The summed E-state index contributed by atoms with van der Waals surface area (Å²) in [5, 5.41) is 14.0. The fourth-order valence-corrected chi connectivity index (χ4v) is 4.38. The van der Waals surface area contributed by atoms with Crippen LogP contribution >= 0.6 is 0 Å². The van der Waals surface area contributed by atoms with E-state index in [9.17, 15) is 4.79 Å². The van der Waals surface area contributed by atoms with Crippen LogP contribution in [-0.2, 0) is 5.41 Å². The molecule has 39 heavy (non-hydrogen) atoms. The Labute approximate surface area is 227 Å². The van der Waals surface area contributed by atoms with Crippen LogP contribution in [0.15, 0.2) is 85.3 Å². The number of rotatable bonds is 6. The average Bonchev–Trinajstić information content (AvgIpc) is 3.39. The van der Waals surface area contributed by atoms with Crippen LogP contribution in [-0.4, -0.2) is 26.1 Å². The number of aromatic nitrogens is 3. The van der Waals surface area contributed by atoms with E-state index in [1.807, 2.05) is 78.3 Å². The molecule has 0 radical (unpaired) electrons. The third kappa shape index (κ3) is 5.36. The highest BCUT2D eigenvalue weighted by atomic mass is 16.1. The third-order valence-corrected chi connectivity index (χ3v) is 6.70. The Morgan fingerprint density at radius 3 is 2.33 bits per heavy atom. The predicted molar refractivity (Wildman–Crippen MR) is 157 cm³/mol. The number of anilines is 3. The van der Waals surface area contributed by atoms with Gasteiger partial charge in [0.25, 0.3) is 5.91 Å². The van der Waals surface area contributed by atoms with Crippen molar-refractivity contribution in [2.45, 2.75) is 33.1 Å². The minimum atomic E-state index is -0.162. The lowest BCUT2D eigenvalue weighted by molar-refractivity contribution is 0.102. The quantitative estimate of drug-likeness (QED) is 0.156. The number of hydrogen-bond donors (Lipinski definition) is 4. The van der Waals surface area contributed by atoms with Crippen LogP contribution < -0.4 is 16.4 Å². The molecule has 5 N–H and O–H groups in total. The van der Waals surface area contributed by atoms with E-state index < -0.39 is 0 Å². The smallest absolute Gasteiger partial charge is 0.255 e. The molecule has 5 rings (SSSR count). The number of benzene rings is 3. The lowest BCUT2D eigenvalue weighted by atomic mass is 9.86. The van der Waals surface area contributed by atoms with Crippen LogP contribution in [0.2, 0.25) is 0 Å². The molecule has 0 spiro atoms. The summed E-state index contributed by atoms with van der Waals surface area (Å²) in [5.74, 6) is 0.438. The van der Waals surface area contributed by atoms with Gasteiger partial charge in [-0.1, -0.05) is 45.0 Å². The maximum atomic E-state index is 13.1. The maximum absolute atomic E-state index is 13.1. The number of nitrogens with one attached hydrogen (secondary N) is 3. The zero-order valence-corrected chi connectivity index (χ0v) is 22.4. The molecule has 2 aromatic heterocycles. The molecule has 2 heterocycles. The number of nitrogens with zero attached hydrogens (tertiary/aromatic N) is 3. The third-order valence-electron chi connectivity index (χ3n) is 6.70. The van der Waals surface area contributed by atoms with E-state index in [4.69, 9.17) is 16.1 Å². The fourth-order valence-electron chi connectivity index (χ4n) is 4.38. The molecule has 0 aliphatic heterocycles. The SMILES string of the molecule is Cc1c(NC(=O)c2ccc(C(C)(C)C)cc2)cccc1-c1cn2ccnc2c(Nc2ccc(C(=N)N)cc2)n1. The fraction of sp³-hybridized carbons (Fsp3) is 0.161. The summed E-state index contributed by atoms with van der Waals surface area (Å²) in [6.45, 7) is 8.42.